The Kier molecular flexibility index (Phi) is 5.65. The number of halogens is 3. The molecule has 0 spiro atoms. The van der Waals surface area contributed by atoms with E-state index in [1.165, 1.54) is 11.3 Å². The Bertz CT molecular complexity index is 1240. The lowest BCUT2D eigenvalue weighted by atomic mass is 10.1. The molecule has 0 saturated carbocycles. The zero-order valence-electron chi connectivity index (χ0n) is 14.9. The van der Waals surface area contributed by atoms with Gasteiger partial charge < -0.3 is 11.1 Å². The van der Waals surface area contributed by atoms with E-state index in [0.29, 0.717) is 42.7 Å². The van der Waals surface area contributed by atoms with Crippen molar-refractivity contribution in [3.63, 3.8) is 0 Å². The molecule has 0 fully saturated rings. The number of nitrogens with zero attached hydrogens (tertiary/aromatic N) is 1. The molecule has 3 N–H and O–H groups in total. The van der Waals surface area contributed by atoms with Crippen LogP contribution in [0.15, 0.2) is 54.6 Å². The zero-order valence-corrected chi connectivity index (χ0v) is 18.0. The standard InChI is InChI=1S/C21H14Cl3N3OS/c22-12-5-7-16(24)14(9-12)17-8-6-13-18(25)19(29-21(13)27-17)20(28)26-10-11-3-1-2-4-15(11)23/h1-9H,10,25H2,(H,26,28). The number of aromatic nitrogens is 1. The Hall–Kier alpha value is -2.31. The van der Waals surface area contributed by atoms with Crippen LogP contribution in [-0.2, 0) is 6.54 Å². The van der Waals surface area contributed by atoms with Crippen LogP contribution in [0, 0.1) is 0 Å². The van der Waals surface area contributed by atoms with Gasteiger partial charge >= 0.3 is 0 Å². The van der Waals surface area contributed by atoms with Gasteiger partial charge in [0.15, 0.2) is 0 Å². The second-order valence-electron chi connectivity index (χ2n) is 6.29. The second-order valence-corrected chi connectivity index (χ2v) is 8.54. The van der Waals surface area contributed by atoms with Crippen LogP contribution in [0.4, 0.5) is 5.69 Å². The average Bonchev–Trinajstić information content (AvgIpc) is 3.05. The number of nitrogens with one attached hydrogen (secondary N) is 1. The fourth-order valence-electron chi connectivity index (χ4n) is 2.91. The van der Waals surface area contributed by atoms with Gasteiger partial charge in [0.05, 0.1) is 16.4 Å². The summed E-state index contributed by atoms with van der Waals surface area (Å²) in [5.74, 6) is -0.271. The van der Waals surface area contributed by atoms with Gasteiger partial charge in [-0.1, -0.05) is 53.0 Å². The fourth-order valence-corrected chi connectivity index (χ4v) is 4.51. The van der Waals surface area contributed by atoms with Gasteiger partial charge in [-0.3, -0.25) is 4.79 Å². The molecule has 29 heavy (non-hydrogen) atoms. The zero-order chi connectivity index (χ0) is 20.5. The first-order valence-electron chi connectivity index (χ1n) is 8.60. The van der Waals surface area contributed by atoms with Crippen LogP contribution in [-0.4, -0.2) is 10.9 Å². The first kappa shape index (κ1) is 20.0. The van der Waals surface area contributed by atoms with E-state index in [0.717, 1.165) is 16.5 Å². The Morgan fingerprint density at radius 2 is 1.83 bits per heavy atom. The number of amides is 1. The van der Waals surface area contributed by atoms with Crippen LogP contribution >= 0.6 is 46.1 Å². The van der Waals surface area contributed by atoms with E-state index < -0.39 is 0 Å². The quantitative estimate of drug-likeness (QED) is 0.367. The summed E-state index contributed by atoms with van der Waals surface area (Å²) in [4.78, 5) is 18.4. The van der Waals surface area contributed by atoms with E-state index >= 15 is 0 Å². The number of pyridine rings is 1. The van der Waals surface area contributed by atoms with Gasteiger partial charge in [0.1, 0.15) is 9.71 Å². The van der Waals surface area contributed by atoms with Gasteiger partial charge in [-0.05, 0) is 42.0 Å². The molecule has 0 radical (unpaired) electrons. The van der Waals surface area contributed by atoms with Crippen LogP contribution in [0.25, 0.3) is 21.5 Å². The minimum absolute atomic E-state index is 0.271. The molecule has 2 heterocycles. The van der Waals surface area contributed by atoms with Gasteiger partial charge in [0.2, 0.25) is 0 Å². The maximum Gasteiger partial charge on any atom is 0.263 e. The summed E-state index contributed by atoms with van der Waals surface area (Å²) >= 11 is 19.8. The van der Waals surface area contributed by atoms with Crippen molar-refractivity contribution < 1.29 is 4.79 Å². The van der Waals surface area contributed by atoms with Crippen molar-refractivity contribution in [1.29, 1.82) is 0 Å². The minimum Gasteiger partial charge on any atom is -0.397 e. The number of fused-ring (bicyclic) bond motifs is 1. The number of thiophene rings is 1. The first-order valence-corrected chi connectivity index (χ1v) is 10.5. The van der Waals surface area contributed by atoms with Gasteiger partial charge in [-0.25, -0.2) is 4.98 Å². The summed E-state index contributed by atoms with van der Waals surface area (Å²) in [6, 6.07) is 16.2. The van der Waals surface area contributed by atoms with Crippen LogP contribution in [0.1, 0.15) is 15.2 Å². The van der Waals surface area contributed by atoms with E-state index in [4.69, 9.17) is 40.5 Å². The summed E-state index contributed by atoms with van der Waals surface area (Å²) in [6.45, 7) is 0.309. The summed E-state index contributed by atoms with van der Waals surface area (Å²) in [7, 11) is 0. The summed E-state index contributed by atoms with van der Waals surface area (Å²) < 4.78 is 0. The molecule has 2 aromatic carbocycles. The molecule has 8 heteroatoms. The number of nitrogen functional groups attached to an aromatic ring is 1. The maximum atomic E-state index is 12.7. The number of hydrogen-bond acceptors (Lipinski definition) is 4. The molecule has 4 aromatic rings. The number of carbonyl (C=O) groups excluding carboxylic acids is 1. The molecule has 0 saturated heterocycles. The van der Waals surface area contributed by atoms with Crippen molar-refractivity contribution in [2.75, 3.05) is 5.73 Å². The SMILES string of the molecule is Nc1c(C(=O)NCc2ccccc2Cl)sc2nc(-c3cc(Cl)ccc3Cl)ccc12. The number of carbonyl (C=O) groups is 1. The van der Waals surface area contributed by atoms with Gasteiger partial charge in [0.25, 0.3) is 5.91 Å². The van der Waals surface area contributed by atoms with E-state index in [1.54, 1.807) is 24.3 Å². The third-order valence-corrected chi connectivity index (χ3v) is 6.45. The molecule has 4 nitrogen and oxygen atoms in total. The average molecular weight is 463 g/mol. The van der Waals surface area contributed by atoms with Crippen molar-refractivity contribution in [3.05, 3.63) is 80.1 Å². The largest absolute Gasteiger partial charge is 0.397 e. The molecule has 0 atom stereocenters. The highest BCUT2D eigenvalue weighted by atomic mass is 35.5. The molecule has 0 bridgehead atoms. The summed E-state index contributed by atoms with van der Waals surface area (Å²) in [5.41, 5.74) is 8.83. The Morgan fingerprint density at radius 1 is 1.03 bits per heavy atom. The number of benzene rings is 2. The minimum atomic E-state index is -0.271. The lowest BCUT2D eigenvalue weighted by molar-refractivity contribution is 0.0956. The van der Waals surface area contributed by atoms with Gasteiger partial charge in [0, 0.05) is 27.5 Å². The van der Waals surface area contributed by atoms with E-state index in [-0.39, 0.29) is 5.91 Å². The topological polar surface area (TPSA) is 68.0 Å². The second kappa shape index (κ2) is 8.20. The van der Waals surface area contributed by atoms with Crippen molar-refractivity contribution in [2.45, 2.75) is 6.54 Å². The molecule has 0 aliphatic rings. The van der Waals surface area contributed by atoms with Crippen molar-refractivity contribution >= 4 is 68.0 Å². The predicted octanol–water partition coefficient (Wildman–Crippen LogP) is 6.44. The molecule has 146 valence electrons. The fraction of sp³-hybridized carbons (Fsp3) is 0.0476. The number of nitrogens with two attached hydrogens (primary N) is 1. The Morgan fingerprint density at radius 3 is 2.62 bits per heavy atom. The Labute approximate surface area is 186 Å². The predicted molar refractivity (Wildman–Crippen MR) is 122 cm³/mol. The monoisotopic (exact) mass is 461 g/mol. The molecular weight excluding hydrogens is 449 g/mol. The van der Waals surface area contributed by atoms with Crippen LogP contribution < -0.4 is 11.1 Å². The van der Waals surface area contributed by atoms with Crippen LogP contribution in [0.3, 0.4) is 0 Å². The normalized spacial score (nSPS) is 11.0. The van der Waals surface area contributed by atoms with Crippen molar-refractivity contribution in [2.24, 2.45) is 0 Å². The molecule has 0 aliphatic heterocycles. The lowest BCUT2D eigenvalue weighted by Crippen LogP contribution is -2.22. The van der Waals surface area contributed by atoms with E-state index in [2.05, 4.69) is 10.3 Å². The molecule has 2 aromatic heterocycles. The maximum absolute atomic E-state index is 12.7. The van der Waals surface area contributed by atoms with E-state index in [1.807, 2.05) is 30.3 Å². The van der Waals surface area contributed by atoms with Crippen molar-refractivity contribution in [3.8, 4) is 11.3 Å². The molecule has 0 aliphatic carbocycles. The molecule has 1 amide bonds. The summed E-state index contributed by atoms with van der Waals surface area (Å²) in [5, 5.41) is 5.29. The Balaban J connectivity index is 1.64. The van der Waals surface area contributed by atoms with Crippen LogP contribution in [0.2, 0.25) is 15.1 Å². The highest BCUT2D eigenvalue weighted by Crippen LogP contribution is 2.36. The highest BCUT2D eigenvalue weighted by molar-refractivity contribution is 7.21. The third kappa shape index (κ3) is 4.05. The van der Waals surface area contributed by atoms with E-state index in [9.17, 15) is 4.79 Å². The molecular formula is C21H14Cl3N3OS. The first-order chi connectivity index (χ1) is 13.9. The molecule has 0 unspecified atom stereocenters. The van der Waals surface area contributed by atoms with Crippen molar-refractivity contribution in [1.82, 2.24) is 10.3 Å². The number of hydrogen-bond donors (Lipinski definition) is 2. The molecule has 4 rings (SSSR count). The highest BCUT2D eigenvalue weighted by Gasteiger charge is 2.18. The lowest BCUT2D eigenvalue weighted by Gasteiger charge is -2.06. The number of rotatable bonds is 4. The summed E-state index contributed by atoms with van der Waals surface area (Å²) in [6.07, 6.45) is 0. The van der Waals surface area contributed by atoms with Gasteiger partial charge in [-0.15, -0.1) is 11.3 Å². The number of anilines is 1. The smallest absolute Gasteiger partial charge is 0.263 e. The third-order valence-electron chi connectivity index (χ3n) is 4.40. The van der Waals surface area contributed by atoms with Gasteiger partial charge in [-0.2, -0.15) is 0 Å². The van der Waals surface area contributed by atoms with Crippen LogP contribution in [0.5, 0.6) is 0 Å².